The molecule has 0 aliphatic carbocycles. The highest BCUT2D eigenvalue weighted by Gasteiger charge is 2.55. The second-order valence-electron chi connectivity index (χ2n) is 16.1. The molecule has 2 amide bonds. The number of aromatic hydroxyl groups is 1. The fourth-order valence-electron chi connectivity index (χ4n) is 6.01. The van der Waals surface area contributed by atoms with Gasteiger partial charge in [-0.25, -0.2) is 9.59 Å². The Labute approximate surface area is 378 Å². The highest BCUT2D eigenvalue weighted by atomic mass is 17.0. The van der Waals surface area contributed by atoms with Crippen molar-refractivity contribution in [2.24, 2.45) is 0 Å². The van der Waals surface area contributed by atoms with Crippen molar-refractivity contribution in [2.75, 3.05) is 26.8 Å². The van der Waals surface area contributed by atoms with Gasteiger partial charge < -0.3 is 58.3 Å². The number of phenolic OH excluding ortho intramolecular Hbond substituents is 1. The number of carbonyl (C=O) groups is 5. The van der Waals surface area contributed by atoms with Crippen molar-refractivity contribution in [1.82, 2.24) is 10.6 Å². The third-order valence-corrected chi connectivity index (χ3v) is 10.4. The molecular weight excluding hydrogens is 838 g/mol. The second-order valence-corrected chi connectivity index (χ2v) is 16.1. The summed E-state index contributed by atoms with van der Waals surface area (Å²) in [6, 6.07) is 13.9. The van der Waals surface area contributed by atoms with E-state index in [1.807, 2.05) is 65.8 Å². The lowest BCUT2D eigenvalue weighted by Gasteiger charge is -2.36. The van der Waals surface area contributed by atoms with Gasteiger partial charge in [-0.2, -0.15) is 0 Å². The maximum absolute atomic E-state index is 12.0. The van der Waals surface area contributed by atoms with Gasteiger partial charge in [0.15, 0.2) is 6.10 Å². The molecule has 2 aromatic carbocycles. The van der Waals surface area contributed by atoms with Crippen molar-refractivity contribution in [1.29, 1.82) is 0 Å². The van der Waals surface area contributed by atoms with Crippen molar-refractivity contribution in [3.05, 3.63) is 59.7 Å². The van der Waals surface area contributed by atoms with Crippen LogP contribution in [0.5, 0.6) is 5.75 Å². The molecule has 21 heteroatoms. The summed E-state index contributed by atoms with van der Waals surface area (Å²) in [5.41, 5.74) is 0.415. The van der Waals surface area contributed by atoms with Crippen LogP contribution in [0.2, 0.25) is 0 Å². The predicted octanol–water partition coefficient (Wildman–Crippen LogP) is 4.08. The molecule has 3 atom stereocenters. The van der Waals surface area contributed by atoms with E-state index in [2.05, 4.69) is 15.4 Å². The summed E-state index contributed by atoms with van der Waals surface area (Å²) in [5, 5.41) is 35.8. The first-order valence-electron chi connectivity index (χ1n) is 20.4. The predicted molar refractivity (Wildman–Crippen MR) is 238 cm³/mol. The third-order valence-electron chi connectivity index (χ3n) is 10.4. The Kier molecular flexibility index (Phi) is 26.3. The van der Waals surface area contributed by atoms with E-state index < -0.39 is 54.9 Å². The summed E-state index contributed by atoms with van der Waals surface area (Å²) in [6.45, 7) is 18.8. The molecule has 6 N–H and O–H groups in total. The van der Waals surface area contributed by atoms with Gasteiger partial charge >= 0.3 is 32.3 Å². The number of benzene rings is 2. The number of hydrogen-bond acceptors (Lipinski definition) is 17. The molecule has 3 unspecified atom stereocenters. The van der Waals surface area contributed by atoms with Crippen molar-refractivity contribution < 1.29 is 82.2 Å². The maximum Gasteiger partial charge on any atom is 0.637 e. The number of amides is 2. The number of hydrogen-bond donors (Lipinski definition) is 6. The van der Waals surface area contributed by atoms with Crippen LogP contribution in [-0.4, -0.2) is 120 Å². The van der Waals surface area contributed by atoms with Gasteiger partial charge in [0.1, 0.15) is 25.6 Å². The quantitative estimate of drug-likeness (QED) is 0.0326. The second kappa shape index (κ2) is 28.3. The Balaban J connectivity index is 0.00000106. The van der Waals surface area contributed by atoms with Crippen LogP contribution in [0.15, 0.2) is 48.5 Å². The molecule has 2 saturated heterocycles. The first-order valence-corrected chi connectivity index (χ1v) is 20.4. The van der Waals surface area contributed by atoms with Crippen LogP contribution in [0.3, 0.4) is 0 Å². The van der Waals surface area contributed by atoms with Gasteiger partial charge in [0.05, 0.1) is 22.4 Å². The molecule has 360 valence electrons. The lowest BCUT2D eigenvalue weighted by atomic mass is 9.79. The zero-order chi connectivity index (χ0) is 48.0. The van der Waals surface area contributed by atoms with E-state index >= 15 is 0 Å². The van der Waals surface area contributed by atoms with Crippen molar-refractivity contribution in [3.63, 3.8) is 0 Å². The van der Waals surface area contributed by atoms with Gasteiger partial charge in [-0.1, -0.05) is 43.8 Å². The lowest BCUT2D eigenvalue weighted by molar-refractivity contribution is -0.176. The average molecular weight is 909 g/mol. The van der Waals surface area contributed by atoms with E-state index in [0.717, 1.165) is 42.3 Å². The van der Waals surface area contributed by atoms with E-state index in [0.29, 0.717) is 13.1 Å². The van der Waals surface area contributed by atoms with E-state index in [1.54, 1.807) is 24.3 Å². The maximum atomic E-state index is 12.0. The van der Waals surface area contributed by atoms with Crippen LogP contribution in [-0.2, 0) is 74.8 Å². The summed E-state index contributed by atoms with van der Waals surface area (Å²) in [5.74, 6) is -1.44. The molecule has 4 rings (SSSR count). The van der Waals surface area contributed by atoms with Crippen molar-refractivity contribution in [3.8, 4) is 5.75 Å². The molecule has 2 heterocycles. The molecule has 2 aliphatic rings. The molecule has 0 saturated carbocycles. The minimum Gasteiger partial charge on any atom is -0.508 e. The van der Waals surface area contributed by atoms with Crippen LogP contribution in [0, 0.1) is 0 Å². The highest BCUT2D eigenvalue weighted by Crippen LogP contribution is 2.41. The summed E-state index contributed by atoms with van der Waals surface area (Å²) < 4.78 is 42.7. The lowest BCUT2D eigenvalue weighted by Crippen LogP contribution is -2.45. The van der Waals surface area contributed by atoms with E-state index in [1.165, 1.54) is 34.8 Å². The normalized spacial score (nSPS) is 19.3. The summed E-state index contributed by atoms with van der Waals surface area (Å²) in [6.07, 6.45) is 2.00. The van der Waals surface area contributed by atoms with E-state index in [9.17, 15) is 29.0 Å². The standard InChI is InChI=1S/C23H34BNO8.C10H20BNO4.C9H10O3.CH4.H2O2/c1-16(31-20(27)15-29-6)21(28)30-14-18-8-10-19(11-9-18)24-32-22(3,4)23(5,33-24)12-7-13-25-17(2)26;1-8(13)12-7-5-6-10(4)9(2,3)15-11(14)16-10;1-7(10)12-6-8-2-4-9(11)5-3-8;;1-2/h8-11,16H,7,12-15H2,1-6H3,(H,25,26);14H,5-7H2,1-4H3,(H,12,13);2-5,11H,6H2,1H3;1H4;1-2H. The topological polar surface area (TPSA) is 264 Å². The Morgan fingerprint density at radius 2 is 1.16 bits per heavy atom. The van der Waals surface area contributed by atoms with Gasteiger partial charge in [0.25, 0.3) is 0 Å². The van der Waals surface area contributed by atoms with Crippen LogP contribution >= 0.6 is 0 Å². The highest BCUT2D eigenvalue weighted by molar-refractivity contribution is 6.62. The van der Waals surface area contributed by atoms with Gasteiger partial charge in [-0.15, -0.1) is 0 Å². The largest absolute Gasteiger partial charge is 0.637 e. The molecule has 2 aliphatic heterocycles. The van der Waals surface area contributed by atoms with Gasteiger partial charge in [0, 0.05) is 41.0 Å². The fraction of sp³-hybridized carbons (Fsp3) is 0.605. The first kappa shape index (κ1) is 59.4. The van der Waals surface area contributed by atoms with E-state index in [-0.39, 0.29) is 50.8 Å². The summed E-state index contributed by atoms with van der Waals surface area (Å²) >= 11 is 0. The number of esters is 3. The molecule has 0 bridgehead atoms. The molecule has 2 fully saturated rings. The Hall–Kier alpha value is -4.60. The van der Waals surface area contributed by atoms with Crippen LogP contribution < -0.4 is 16.1 Å². The first-order chi connectivity index (χ1) is 29.4. The smallest absolute Gasteiger partial charge is 0.508 e. The molecule has 2 aromatic rings. The van der Waals surface area contributed by atoms with Crippen LogP contribution in [0.25, 0.3) is 0 Å². The number of nitrogens with one attached hydrogen (secondary N) is 2. The van der Waals surface area contributed by atoms with Crippen molar-refractivity contribution in [2.45, 2.75) is 144 Å². The minimum absolute atomic E-state index is 0. The summed E-state index contributed by atoms with van der Waals surface area (Å²) in [7, 11) is -0.311. The molecule has 0 aromatic heterocycles. The third kappa shape index (κ3) is 20.5. The molecule has 0 radical (unpaired) electrons. The number of rotatable bonds is 17. The number of phenols is 1. The monoisotopic (exact) mass is 908 g/mol. The number of ether oxygens (including phenoxy) is 4. The zero-order valence-electron chi connectivity index (χ0n) is 38.3. The van der Waals surface area contributed by atoms with Crippen LogP contribution in [0.1, 0.15) is 113 Å². The van der Waals surface area contributed by atoms with Gasteiger partial charge in [-0.3, -0.25) is 24.9 Å². The van der Waals surface area contributed by atoms with Gasteiger partial charge in [-0.05, 0) is 103 Å². The Morgan fingerprint density at radius 1 is 0.703 bits per heavy atom. The van der Waals surface area contributed by atoms with Gasteiger partial charge in [0.2, 0.25) is 11.8 Å². The minimum atomic E-state index is -1.15. The molecular formula is C43H70B2N2O17. The molecule has 0 spiro atoms. The SMILES string of the molecule is C.CC(=O)NCCCC1(C)OB(O)OC1(C)C.CC(=O)OCc1ccc(O)cc1.COCC(=O)OC(C)C(=O)OCc1ccc(B2OC(C)(C)C(C)(CCCNC(C)=O)O2)cc1.OO. The fourth-order valence-corrected chi connectivity index (χ4v) is 6.01. The van der Waals surface area contributed by atoms with Crippen molar-refractivity contribution >= 4 is 49.6 Å². The number of methoxy groups -OCH3 is 1. The average Bonchev–Trinajstić information content (AvgIpc) is 3.58. The van der Waals surface area contributed by atoms with Crippen LogP contribution in [0.4, 0.5) is 0 Å². The summed E-state index contributed by atoms with van der Waals surface area (Å²) in [4.78, 5) is 55.6. The Morgan fingerprint density at radius 3 is 1.59 bits per heavy atom. The Bertz CT molecular complexity index is 1730. The van der Waals surface area contributed by atoms with E-state index in [4.69, 9.17) is 48.4 Å². The molecule has 64 heavy (non-hydrogen) atoms. The number of carbonyl (C=O) groups excluding carboxylic acids is 5. The zero-order valence-corrected chi connectivity index (χ0v) is 38.3. The molecule has 19 nitrogen and oxygen atoms in total.